The summed E-state index contributed by atoms with van der Waals surface area (Å²) in [4.78, 5) is 15.0. The van der Waals surface area contributed by atoms with Crippen LogP contribution >= 0.6 is 0 Å². The third kappa shape index (κ3) is 3.43. The number of sulfone groups is 1. The van der Waals surface area contributed by atoms with Gasteiger partial charge in [-0.05, 0) is 54.8 Å². The van der Waals surface area contributed by atoms with Crippen molar-refractivity contribution >= 4 is 15.7 Å². The number of benzene rings is 2. The highest BCUT2D eigenvalue weighted by Gasteiger charge is 2.33. The van der Waals surface area contributed by atoms with Gasteiger partial charge in [-0.2, -0.15) is 0 Å². The molecule has 0 spiro atoms. The van der Waals surface area contributed by atoms with Crippen LogP contribution in [-0.4, -0.2) is 38.5 Å². The number of hydrogen-bond donors (Lipinski definition) is 0. The van der Waals surface area contributed by atoms with Gasteiger partial charge in [0.05, 0.1) is 15.8 Å². The molecule has 0 saturated carbocycles. The molecule has 7 heteroatoms. The van der Waals surface area contributed by atoms with Crippen LogP contribution in [0, 0.1) is 6.42 Å². The van der Waals surface area contributed by atoms with Gasteiger partial charge in [0.2, 0.25) is 9.84 Å². The van der Waals surface area contributed by atoms with Crippen LogP contribution in [0.2, 0.25) is 0 Å². The molecule has 0 bridgehead atoms. The molecule has 3 aliphatic rings. The molecule has 2 aromatic rings. The fourth-order valence-electron chi connectivity index (χ4n) is 4.15. The van der Waals surface area contributed by atoms with E-state index >= 15 is 0 Å². The number of carbonyl (C=O) groups is 1. The van der Waals surface area contributed by atoms with E-state index in [2.05, 4.69) is 12.2 Å². The lowest BCUT2D eigenvalue weighted by Gasteiger charge is -2.27. The molecule has 0 aromatic heterocycles. The molecular formula is C24H22NO5S. The van der Waals surface area contributed by atoms with Gasteiger partial charge in [0.15, 0.2) is 11.5 Å². The minimum absolute atomic E-state index is 0.0744. The molecule has 0 fully saturated rings. The van der Waals surface area contributed by atoms with Crippen LogP contribution in [0.1, 0.15) is 29.3 Å². The summed E-state index contributed by atoms with van der Waals surface area (Å²) in [5.74, 6) is 0.891. The minimum Gasteiger partial charge on any atom is -0.486 e. The Hall–Kier alpha value is -3.06. The van der Waals surface area contributed by atoms with Crippen molar-refractivity contribution in [1.82, 2.24) is 4.90 Å². The van der Waals surface area contributed by atoms with E-state index in [1.54, 1.807) is 23.1 Å². The minimum atomic E-state index is -3.76. The topological polar surface area (TPSA) is 72.9 Å². The second-order valence-corrected chi connectivity index (χ2v) is 9.72. The van der Waals surface area contributed by atoms with Crippen molar-refractivity contribution < 1.29 is 22.7 Å². The van der Waals surface area contributed by atoms with Gasteiger partial charge in [-0.1, -0.05) is 18.2 Å². The van der Waals surface area contributed by atoms with E-state index in [9.17, 15) is 13.2 Å². The zero-order chi connectivity index (χ0) is 21.6. The third-order valence-electron chi connectivity index (χ3n) is 5.91. The molecule has 1 unspecified atom stereocenters. The summed E-state index contributed by atoms with van der Waals surface area (Å²) in [5.41, 5.74) is 2.37. The largest absolute Gasteiger partial charge is 0.486 e. The van der Waals surface area contributed by atoms with E-state index in [4.69, 9.17) is 9.47 Å². The average molecular weight is 437 g/mol. The third-order valence-corrected chi connectivity index (χ3v) is 7.66. The number of fused-ring (bicyclic) bond motifs is 2. The maximum absolute atomic E-state index is 13.2. The number of amides is 1. The summed E-state index contributed by atoms with van der Waals surface area (Å²) < 4.78 is 37.5. The Kier molecular flexibility index (Phi) is 4.85. The first-order valence-corrected chi connectivity index (χ1v) is 11.7. The van der Waals surface area contributed by atoms with Crippen LogP contribution in [0.5, 0.6) is 11.5 Å². The van der Waals surface area contributed by atoms with E-state index in [1.807, 2.05) is 19.4 Å². The van der Waals surface area contributed by atoms with E-state index < -0.39 is 9.84 Å². The number of ether oxygens (including phenoxy) is 2. The molecule has 159 valence electrons. The lowest BCUT2D eigenvalue weighted by atomic mass is 9.98. The molecule has 1 aliphatic carbocycles. The van der Waals surface area contributed by atoms with Crippen LogP contribution in [0.15, 0.2) is 70.0 Å². The summed E-state index contributed by atoms with van der Waals surface area (Å²) in [5, 5.41) is 0. The van der Waals surface area contributed by atoms with E-state index in [-0.39, 0.29) is 21.7 Å². The number of hydrogen-bond acceptors (Lipinski definition) is 5. The fourth-order valence-corrected chi connectivity index (χ4v) is 5.47. The van der Waals surface area contributed by atoms with Crippen molar-refractivity contribution in [3.8, 4) is 11.5 Å². The van der Waals surface area contributed by atoms with Crippen molar-refractivity contribution in [2.75, 3.05) is 13.2 Å². The van der Waals surface area contributed by atoms with Crippen LogP contribution in [0.4, 0.5) is 0 Å². The van der Waals surface area contributed by atoms with Gasteiger partial charge in [-0.15, -0.1) is 0 Å². The molecule has 0 saturated heterocycles. The van der Waals surface area contributed by atoms with Crippen molar-refractivity contribution in [1.29, 1.82) is 0 Å². The first-order chi connectivity index (χ1) is 14.9. The normalized spacial score (nSPS) is 18.5. The van der Waals surface area contributed by atoms with Gasteiger partial charge in [0, 0.05) is 24.6 Å². The number of rotatable bonds is 4. The summed E-state index contributed by atoms with van der Waals surface area (Å²) in [7, 11) is -3.76. The SMILES string of the molecule is CC(C1=CCC=C[CH]1)N1Cc2cc(S(=O)(=O)c3ccc4c(c3)OCCO4)ccc2C1=O. The number of allylic oxidation sites excluding steroid dienone is 3. The predicted octanol–water partition coefficient (Wildman–Crippen LogP) is 3.73. The Bertz CT molecular complexity index is 1230. The maximum atomic E-state index is 13.2. The molecule has 31 heavy (non-hydrogen) atoms. The summed E-state index contributed by atoms with van der Waals surface area (Å²) in [6.07, 6.45) is 9.04. The van der Waals surface area contributed by atoms with Crippen molar-refractivity contribution in [2.24, 2.45) is 0 Å². The Labute approximate surface area is 181 Å². The second kappa shape index (κ2) is 7.57. The number of carbonyl (C=O) groups excluding carboxylic acids is 1. The van der Waals surface area contributed by atoms with Gasteiger partial charge >= 0.3 is 0 Å². The lowest BCUT2D eigenvalue weighted by Crippen LogP contribution is -2.35. The smallest absolute Gasteiger partial charge is 0.254 e. The summed E-state index contributed by atoms with van der Waals surface area (Å²) in [6.45, 7) is 3.21. The lowest BCUT2D eigenvalue weighted by molar-refractivity contribution is 0.0742. The quantitative estimate of drug-likeness (QED) is 0.730. The van der Waals surface area contributed by atoms with Crippen molar-refractivity contribution in [2.45, 2.75) is 35.7 Å². The van der Waals surface area contributed by atoms with Gasteiger partial charge in [-0.25, -0.2) is 8.42 Å². The fraction of sp³-hybridized carbons (Fsp3) is 0.250. The van der Waals surface area contributed by atoms with Gasteiger partial charge in [0.25, 0.3) is 5.91 Å². The molecular weight excluding hydrogens is 414 g/mol. The van der Waals surface area contributed by atoms with E-state index in [1.165, 1.54) is 18.2 Å². The highest BCUT2D eigenvalue weighted by Crippen LogP contribution is 2.36. The molecule has 1 atom stereocenters. The first kappa shape index (κ1) is 19.9. The highest BCUT2D eigenvalue weighted by atomic mass is 32.2. The molecule has 2 aliphatic heterocycles. The van der Waals surface area contributed by atoms with Gasteiger partial charge < -0.3 is 14.4 Å². The summed E-state index contributed by atoms with van der Waals surface area (Å²) >= 11 is 0. The Morgan fingerprint density at radius 2 is 1.74 bits per heavy atom. The Balaban J connectivity index is 1.44. The molecule has 5 rings (SSSR count). The van der Waals surface area contributed by atoms with Gasteiger partial charge in [-0.3, -0.25) is 4.79 Å². The average Bonchev–Trinajstić information content (AvgIpc) is 3.14. The van der Waals surface area contributed by atoms with Gasteiger partial charge in [0.1, 0.15) is 13.2 Å². The zero-order valence-corrected chi connectivity index (χ0v) is 17.9. The molecule has 1 radical (unpaired) electrons. The zero-order valence-electron chi connectivity index (χ0n) is 17.1. The van der Waals surface area contributed by atoms with Crippen LogP contribution in [0.3, 0.4) is 0 Å². The van der Waals surface area contributed by atoms with Crippen LogP contribution < -0.4 is 9.47 Å². The molecule has 2 aromatic carbocycles. The van der Waals surface area contributed by atoms with Crippen molar-refractivity contribution in [3.63, 3.8) is 0 Å². The number of nitrogens with zero attached hydrogens (tertiary/aromatic N) is 1. The van der Waals surface area contributed by atoms with E-state index in [0.29, 0.717) is 36.8 Å². The molecule has 2 heterocycles. The second-order valence-electron chi connectivity index (χ2n) is 7.77. The monoisotopic (exact) mass is 436 g/mol. The Morgan fingerprint density at radius 1 is 1.00 bits per heavy atom. The van der Waals surface area contributed by atoms with E-state index in [0.717, 1.165) is 17.6 Å². The standard InChI is InChI=1S/C24H22NO5S/c1-16(17-5-3-2-4-6-17)25-15-18-13-19(7-9-21(18)24(25)26)31(27,28)20-8-10-22-23(14-20)30-12-11-29-22/h2-3,5-10,13-14,16H,4,11-12,15H2,1H3. The molecule has 0 N–H and O–H groups in total. The Morgan fingerprint density at radius 3 is 2.52 bits per heavy atom. The summed E-state index contributed by atoms with van der Waals surface area (Å²) in [6, 6.07) is 9.29. The van der Waals surface area contributed by atoms with Crippen LogP contribution in [-0.2, 0) is 16.4 Å². The highest BCUT2D eigenvalue weighted by molar-refractivity contribution is 7.91. The van der Waals surface area contributed by atoms with Crippen LogP contribution in [0.25, 0.3) is 0 Å². The molecule has 6 nitrogen and oxygen atoms in total. The first-order valence-electron chi connectivity index (χ1n) is 10.2. The predicted molar refractivity (Wildman–Crippen MR) is 115 cm³/mol. The maximum Gasteiger partial charge on any atom is 0.254 e. The van der Waals surface area contributed by atoms with Crippen molar-refractivity contribution in [3.05, 3.63) is 77.7 Å². The molecule has 1 amide bonds.